The van der Waals surface area contributed by atoms with Crippen LogP contribution in [0.1, 0.15) is 27.2 Å². The van der Waals surface area contributed by atoms with Gasteiger partial charge in [-0.05, 0) is 28.8 Å². The van der Waals surface area contributed by atoms with Gasteiger partial charge in [-0.25, -0.2) is 9.97 Å². The van der Waals surface area contributed by atoms with Crippen LogP contribution in [0, 0.1) is 5.92 Å². The molecule has 1 heterocycles. The first-order valence-corrected chi connectivity index (χ1v) is 7.34. The highest BCUT2D eigenvalue weighted by Crippen LogP contribution is 2.31. The minimum absolute atomic E-state index is 0.717. The summed E-state index contributed by atoms with van der Waals surface area (Å²) in [4.78, 5) is 8.49. The zero-order chi connectivity index (χ0) is 12.0. The van der Waals surface area contributed by atoms with Crippen molar-refractivity contribution in [3.8, 4) is 0 Å². The Morgan fingerprint density at radius 1 is 1.44 bits per heavy atom. The Labute approximate surface area is 110 Å². The highest BCUT2D eigenvalue weighted by Gasteiger charge is 2.09. The van der Waals surface area contributed by atoms with Gasteiger partial charge in [0.2, 0.25) is 0 Å². The molecule has 3 nitrogen and oxygen atoms in total. The van der Waals surface area contributed by atoms with Crippen molar-refractivity contribution < 1.29 is 0 Å². The molecule has 0 saturated carbocycles. The van der Waals surface area contributed by atoms with Gasteiger partial charge >= 0.3 is 0 Å². The molecule has 0 aliphatic carbocycles. The van der Waals surface area contributed by atoms with E-state index >= 15 is 0 Å². The van der Waals surface area contributed by atoms with Gasteiger partial charge in [0.25, 0.3) is 0 Å². The summed E-state index contributed by atoms with van der Waals surface area (Å²) in [7, 11) is 0. The van der Waals surface area contributed by atoms with Crippen LogP contribution in [0.15, 0.2) is 15.8 Å². The van der Waals surface area contributed by atoms with Gasteiger partial charge in [0.15, 0.2) is 0 Å². The molecule has 1 unspecified atom stereocenters. The third kappa shape index (κ3) is 3.94. The quantitative estimate of drug-likeness (QED) is 0.640. The van der Waals surface area contributed by atoms with Gasteiger partial charge in [-0.2, -0.15) is 0 Å². The molecule has 1 atom stereocenters. The molecule has 16 heavy (non-hydrogen) atoms. The molecule has 0 aliphatic heterocycles. The molecule has 1 aromatic rings. The summed E-state index contributed by atoms with van der Waals surface area (Å²) in [5.41, 5.74) is 0. The Morgan fingerprint density at radius 2 is 2.19 bits per heavy atom. The highest BCUT2D eigenvalue weighted by atomic mass is 79.9. The van der Waals surface area contributed by atoms with Crippen LogP contribution in [0.2, 0.25) is 0 Å². The van der Waals surface area contributed by atoms with Crippen LogP contribution < -0.4 is 5.32 Å². The largest absolute Gasteiger partial charge is 0.369 e. The lowest BCUT2D eigenvalue weighted by Gasteiger charge is -2.10. The average molecular weight is 304 g/mol. The van der Waals surface area contributed by atoms with Crippen molar-refractivity contribution in [2.75, 3.05) is 17.6 Å². The summed E-state index contributed by atoms with van der Waals surface area (Å²) < 4.78 is 0.977. The maximum absolute atomic E-state index is 4.29. The number of nitrogens with one attached hydrogen (secondary N) is 1. The van der Waals surface area contributed by atoms with E-state index in [0.29, 0.717) is 0 Å². The second-order valence-electron chi connectivity index (χ2n) is 3.70. The first-order chi connectivity index (χ1) is 7.69. The van der Waals surface area contributed by atoms with Crippen molar-refractivity contribution in [1.29, 1.82) is 0 Å². The predicted molar refractivity (Wildman–Crippen MR) is 74.1 cm³/mol. The first kappa shape index (κ1) is 13.8. The Hall–Kier alpha value is -0.290. The van der Waals surface area contributed by atoms with E-state index in [1.54, 1.807) is 18.1 Å². The number of thioether (sulfide) groups is 1. The SMILES string of the molecule is CCNc1ncnc(SCC(C)CC)c1Br. The minimum atomic E-state index is 0.717. The molecule has 1 aromatic heterocycles. The molecule has 0 radical (unpaired) electrons. The standard InChI is InChI=1S/C11H18BrN3S/c1-4-8(3)6-16-11-9(12)10(13-5-2)14-7-15-11/h7-8H,4-6H2,1-3H3,(H,13,14,15). The predicted octanol–water partition coefficient (Wildman–Crippen LogP) is 3.81. The van der Waals surface area contributed by atoms with E-state index in [0.717, 1.165) is 33.5 Å². The van der Waals surface area contributed by atoms with Crippen LogP contribution in [0.25, 0.3) is 0 Å². The lowest BCUT2D eigenvalue weighted by Crippen LogP contribution is -2.02. The van der Waals surface area contributed by atoms with Gasteiger partial charge in [0, 0.05) is 12.3 Å². The maximum Gasteiger partial charge on any atom is 0.144 e. The summed E-state index contributed by atoms with van der Waals surface area (Å²) >= 11 is 5.33. The Balaban J connectivity index is 2.69. The number of nitrogens with zero attached hydrogens (tertiary/aromatic N) is 2. The second-order valence-corrected chi connectivity index (χ2v) is 5.50. The molecule has 0 saturated heterocycles. The summed E-state index contributed by atoms with van der Waals surface area (Å²) in [6.45, 7) is 7.39. The number of hydrogen-bond acceptors (Lipinski definition) is 4. The Morgan fingerprint density at radius 3 is 2.81 bits per heavy atom. The van der Waals surface area contributed by atoms with Gasteiger partial charge in [-0.1, -0.05) is 20.3 Å². The van der Waals surface area contributed by atoms with E-state index in [2.05, 4.69) is 52.0 Å². The molecule has 1 rings (SSSR count). The lowest BCUT2D eigenvalue weighted by atomic mass is 10.2. The molecule has 0 fully saturated rings. The van der Waals surface area contributed by atoms with Crippen molar-refractivity contribution in [3.63, 3.8) is 0 Å². The molecule has 0 amide bonds. The van der Waals surface area contributed by atoms with Crippen molar-refractivity contribution in [3.05, 3.63) is 10.8 Å². The van der Waals surface area contributed by atoms with Gasteiger partial charge in [-0.15, -0.1) is 11.8 Å². The van der Waals surface area contributed by atoms with Crippen LogP contribution in [0.3, 0.4) is 0 Å². The maximum atomic E-state index is 4.29. The number of rotatable bonds is 6. The van der Waals surface area contributed by atoms with E-state index in [1.807, 2.05) is 0 Å². The van der Waals surface area contributed by atoms with E-state index < -0.39 is 0 Å². The zero-order valence-corrected chi connectivity index (χ0v) is 12.4. The van der Waals surface area contributed by atoms with Crippen LogP contribution in [-0.2, 0) is 0 Å². The normalized spacial score (nSPS) is 12.5. The van der Waals surface area contributed by atoms with Gasteiger partial charge in [0.05, 0.1) is 4.47 Å². The van der Waals surface area contributed by atoms with Crippen molar-refractivity contribution in [1.82, 2.24) is 9.97 Å². The fourth-order valence-corrected chi connectivity index (χ4v) is 2.80. The van der Waals surface area contributed by atoms with E-state index in [1.165, 1.54) is 6.42 Å². The summed E-state index contributed by atoms with van der Waals surface area (Å²) in [6.07, 6.45) is 2.82. The molecule has 0 aromatic carbocycles. The molecule has 90 valence electrons. The van der Waals surface area contributed by atoms with Gasteiger partial charge in [-0.3, -0.25) is 0 Å². The molecule has 0 bridgehead atoms. The lowest BCUT2D eigenvalue weighted by molar-refractivity contribution is 0.636. The Kier molecular flexibility index (Phi) is 6.13. The van der Waals surface area contributed by atoms with Crippen LogP contribution in [-0.4, -0.2) is 22.3 Å². The summed E-state index contributed by atoms with van der Waals surface area (Å²) in [5.74, 6) is 2.69. The average Bonchev–Trinajstić information content (AvgIpc) is 2.30. The third-order valence-electron chi connectivity index (χ3n) is 2.30. The van der Waals surface area contributed by atoms with Crippen LogP contribution in [0.4, 0.5) is 5.82 Å². The molecule has 1 N–H and O–H groups in total. The number of anilines is 1. The second kappa shape index (κ2) is 7.12. The monoisotopic (exact) mass is 303 g/mol. The van der Waals surface area contributed by atoms with Crippen LogP contribution in [0.5, 0.6) is 0 Å². The van der Waals surface area contributed by atoms with Gasteiger partial charge in [0.1, 0.15) is 17.2 Å². The molecule has 0 spiro atoms. The van der Waals surface area contributed by atoms with E-state index in [9.17, 15) is 0 Å². The van der Waals surface area contributed by atoms with E-state index in [-0.39, 0.29) is 0 Å². The number of halogens is 1. The Bertz CT molecular complexity index is 333. The fourth-order valence-electron chi connectivity index (χ4n) is 1.08. The number of hydrogen-bond donors (Lipinski definition) is 1. The molecule has 0 aliphatic rings. The van der Waals surface area contributed by atoms with Crippen molar-refractivity contribution in [2.24, 2.45) is 5.92 Å². The summed E-state index contributed by atoms with van der Waals surface area (Å²) in [6, 6.07) is 0. The smallest absolute Gasteiger partial charge is 0.144 e. The van der Waals surface area contributed by atoms with Crippen molar-refractivity contribution in [2.45, 2.75) is 32.2 Å². The van der Waals surface area contributed by atoms with E-state index in [4.69, 9.17) is 0 Å². The zero-order valence-electron chi connectivity index (χ0n) is 9.96. The van der Waals surface area contributed by atoms with Crippen molar-refractivity contribution >= 4 is 33.5 Å². The molecule has 5 heteroatoms. The first-order valence-electron chi connectivity index (χ1n) is 5.56. The third-order valence-corrected chi connectivity index (χ3v) is 4.64. The fraction of sp³-hybridized carbons (Fsp3) is 0.636. The van der Waals surface area contributed by atoms with Gasteiger partial charge < -0.3 is 5.32 Å². The molecular weight excluding hydrogens is 286 g/mol. The molecular formula is C11H18BrN3S. The topological polar surface area (TPSA) is 37.8 Å². The highest BCUT2D eigenvalue weighted by molar-refractivity contribution is 9.10. The van der Waals surface area contributed by atoms with Crippen LogP contribution >= 0.6 is 27.7 Å². The number of aromatic nitrogens is 2. The minimum Gasteiger partial charge on any atom is -0.369 e. The summed E-state index contributed by atoms with van der Waals surface area (Å²) in [5, 5.41) is 4.23.